The normalized spacial score (nSPS) is 33.2. The van der Waals surface area contributed by atoms with Gasteiger partial charge in [0.2, 0.25) is 0 Å². The largest absolute Gasteiger partial charge is 0.385 e. The molecule has 3 heteroatoms. The molecule has 0 spiro atoms. The Morgan fingerprint density at radius 1 is 1.41 bits per heavy atom. The van der Waals surface area contributed by atoms with Gasteiger partial charge in [-0.05, 0) is 44.6 Å². The third-order valence-electron chi connectivity index (χ3n) is 4.30. The van der Waals surface area contributed by atoms with Crippen molar-refractivity contribution in [3.05, 3.63) is 0 Å². The minimum Gasteiger partial charge on any atom is -0.385 e. The van der Waals surface area contributed by atoms with Crippen LogP contribution in [-0.2, 0) is 9.47 Å². The summed E-state index contributed by atoms with van der Waals surface area (Å²) in [6, 6.07) is 0. The van der Waals surface area contributed by atoms with Crippen LogP contribution in [0.15, 0.2) is 0 Å². The molecule has 17 heavy (non-hydrogen) atoms. The van der Waals surface area contributed by atoms with Gasteiger partial charge in [-0.1, -0.05) is 6.92 Å². The fourth-order valence-electron chi connectivity index (χ4n) is 3.23. The smallest absolute Gasteiger partial charge is 0.0672 e. The Labute approximate surface area is 105 Å². The maximum absolute atomic E-state index is 6.04. The number of rotatable bonds is 8. The lowest BCUT2D eigenvalue weighted by atomic mass is 9.75. The molecule has 1 saturated heterocycles. The van der Waals surface area contributed by atoms with Gasteiger partial charge in [0.25, 0.3) is 0 Å². The Hall–Kier alpha value is -0.120. The van der Waals surface area contributed by atoms with Crippen LogP contribution in [0.3, 0.4) is 0 Å². The van der Waals surface area contributed by atoms with Crippen molar-refractivity contribution in [1.82, 2.24) is 5.32 Å². The molecule has 0 radical (unpaired) electrons. The fraction of sp³-hybridized carbons (Fsp3) is 1.00. The van der Waals surface area contributed by atoms with Crippen molar-refractivity contribution >= 4 is 0 Å². The molecule has 2 aliphatic rings. The summed E-state index contributed by atoms with van der Waals surface area (Å²) in [6.45, 7) is 6.20. The van der Waals surface area contributed by atoms with Gasteiger partial charge in [-0.15, -0.1) is 0 Å². The van der Waals surface area contributed by atoms with Gasteiger partial charge < -0.3 is 14.8 Å². The SMILES string of the molecule is CCNCC1(CCCOC)CCOC1C1CC1. The van der Waals surface area contributed by atoms with E-state index < -0.39 is 0 Å². The molecule has 0 aromatic heterocycles. The van der Waals surface area contributed by atoms with Gasteiger partial charge >= 0.3 is 0 Å². The summed E-state index contributed by atoms with van der Waals surface area (Å²) in [7, 11) is 1.79. The van der Waals surface area contributed by atoms with Crippen LogP contribution in [0.4, 0.5) is 0 Å². The van der Waals surface area contributed by atoms with Gasteiger partial charge in [0.05, 0.1) is 6.10 Å². The van der Waals surface area contributed by atoms with Crippen molar-refractivity contribution in [1.29, 1.82) is 0 Å². The molecule has 1 N–H and O–H groups in total. The minimum absolute atomic E-state index is 0.385. The maximum Gasteiger partial charge on any atom is 0.0672 e. The molecule has 100 valence electrons. The molecular weight excluding hydrogens is 214 g/mol. The molecule has 3 nitrogen and oxygen atoms in total. The number of nitrogens with one attached hydrogen (secondary N) is 1. The molecule has 1 aliphatic carbocycles. The molecule has 2 atom stereocenters. The molecular formula is C14H27NO2. The van der Waals surface area contributed by atoms with Crippen molar-refractivity contribution < 1.29 is 9.47 Å². The van der Waals surface area contributed by atoms with Crippen LogP contribution in [-0.4, -0.2) is 39.5 Å². The molecule has 1 heterocycles. The number of methoxy groups -OCH3 is 1. The monoisotopic (exact) mass is 241 g/mol. The molecule has 0 aromatic rings. The number of ether oxygens (including phenoxy) is 2. The molecule has 1 saturated carbocycles. The first kappa shape index (κ1) is 13.3. The third-order valence-corrected chi connectivity index (χ3v) is 4.30. The first-order chi connectivity index (χ1) is 8.32. The van der Waals surface area contributed by atoms with Crippen molar-refractivity contribution in [2.24, 2.45) is 11.3 Å². The quantitative estimate of drug-likeness (QED) is 0.661. The van der Waals surface area contributed by atoms with Crippen LogP contribution in [0, 0.1) is 11.3 Å². The van der Waals surface area contributed by atoms with Gasteiger partial charge in [0.15, 0.2) is 0 Å². The summed E-state index contributed by atoms with van der Waals surface area (Å²) < 4.78 is 11.2. The standard InChI is InChI=1S/C14H27NO2/c1-3-15-11-14(7-4-9-16-2)8-10-17-13(14)12-5-6-12/h12-13,15H,3-11H2,1-2H3. The van der Waals surface area contributed by atoms with E-state index in [0.29, 0.717) is 11.5 Å². The highest BCUT2D eigenvalue weighted by Crippen LogP contribution is 2.49. The first-order valence-corrected chi connectivity index (χ1v) is 7.13. The Kier molecular flexibility index (Phi) is 4.83. The van der Waals surface area contributed by atoms with E-state index in [2.05, 4.69) is 12.2 Å². The van der Waals surface area contributed by atoms with Crippen LogP contribution in [0.1, 0.15) is 39.0 Å². The predicted octanol–water partition coefficient (Wildman–Crippen LogP) is 2.21. The Morgan fingerprint density at radius 2 is 2.24 bits per heavy atom. The third kappa shape index (κ3) is 3.21. The molecule has 0 amide bonds. The second-order valence-electron chi connectivity index (χ2n) is 5.62. The molecule has 2 fully saturated rings. The fourth-order valence-corrected chi connectivity index (χ4v) is 3.23. The van der Waals surface area contributed by atoms with Crippen molar-refractivity contribution in [3.8, 4) is 0 Å². The van der Waals surface area contributed by atoms with E-state index in [-0.39, 0.29) is 0 Å². The average Bonchev–Trinajstić information content (AvgIpc) is 3.10. The summed E-state index contributed by atoms with van der Waals surface area (Å²) in [4.78, 5) is 0. The highest BCUT2D eigenvalue weighted by atomic mass is 16.5. The summed E-state index contributed by atoms with van der Waals surface area (Å²) >= 11 is 0. The lowest BCUT2D eigenvalue weighted by molar-refractivity contribution is 0.0225. The van der Waals surface area contributed by atoms with E-state index in [1.54, 1.807) is 7.11 Å². The van der Waals surface area contributed by atoms with E-state index in [9.17, 15) is 0 Å². The predicted molar refractivity (Wildman–Crippen MR) is 69.2 cm³/mol. The summed E-state index contributed by atoms with van der Waals surface area (Å²) in [5.74, 6) is 0.846. The van der Waals surface area contributed by atoms with Gasteiger partial charge in [-0.3, -0.25) is 0 Å². The molecule has 1 aliphatic heterocycles. The van der Waals surface area contributed by atoms with Gasteiger partial charge in [-0.2, -0.15) is 0 Å². The number of hydrogen-bond donors (Lipinski definition) is 1. The zero-order valence-electron chi connectivity index (χ0n) is 11.3. The Morgan fingerprint density at radius 3 is 2.88 bits per heavy atom. The van der Waals surface area contributed by atoms with Crippen molar-refractivity contribution in [2.45, 2.75) is 45.1 Å². The van der Waals surface area contributed by atoms with Crippen LogP contribution < -0.4 is 5.32 Å². The topological polar surface area (TPSA) is 30.5 Å². The molecule has 0 aromatic carbocycles. The van der Waals surface area contributed by atoms with Crippen molar-refractivity contribution in [3.63, 3.8) is 0 Å². The minimum atomic E-state index is 0.385. The Balaban J connectivity index is 1.94. The molecule has 0 bridgehead atoms. The van der Waals surface area contributed by atoms with E-state index in [4.69, 9.17) is 9.47 Å². The van der Waals surface area contributed by atoms with Crippen molar-refractivity contribution in [2.75, 3.05) is 33.4 Å². The molecule has 2 unspecified atom stereocenters. The van der Waals surface area contributed by atoms with E-state index >= 15 is 0 Å². The van der Waals surface area contributed by atoms with Crippen LogP contribution in [0.5, 0.6) is 0 Å². The van der Waals surface area contributed by atoms with Crippen LogP contribution in [0.25, 0.3) is 0 Å². The second kappa shape index (κ2) is 6.17. The Bertz CT molecular complexity index is 230. The summed E-state index contributed by atoms with van der Waals surface area (Å²) in [5.41, 5.74) is 0.385. The van der Waals surface area contributed by atoms with E-state index in [0.717, 1.165) is 38.6 Å². The van der Waals surface area contributed by atoms with Gasteiger partial charge in [-0.25, -0.2) is 0 Å². The highest BCUT2D eigenvalue weighted by Gasteiger charge is 2.50. The van der Waals surface area contributed by atoms with E-state index in [1.165, 1.54) is 25.7 Å². The van der Waals surface area contributed by atoms with Crippen LogP contribution >= 0.6 is 0 Å². The molecule has 2 rings (SSSR count). The lowest BCUT2D eigenvalue weighted by Crippen LogP contribution is -2.42. The highest BCUT2D eigenvalue weighted by molar-refractivity contribution is 5.00. The second-order valence-corrected chi connectivity index (χ2v) is 5.62. The summed E-state index contributed by atoms with van der Waals surface area (Å²) in [6.07, 6.45) is 6.90. The van der Waals surface area contributed by atoms with Gasteiger partial charge in [0, 0.05) is 32.3 Å². The maximum atomic E-state index is 6.04. The van der Waals surface area contributed by atoms with E-state index in [1.807, 2.05) is 0 Å². The number of hydrogen-bond acceptors (Lipinski definition) is 3. The first-order valence-electron chi connectivity index (χ1n) is 7.13. The zero-order chi connectivity index (χ0) is 12.1. The zero-order valence-corrected chi connectivity index (χ0v) is 11.3. The average molecular weight is 241 g/mol. The summed E-state index contributed by atoms with van der Waals surface area (Å²) in [5, 5.41) is 3.55. The lowest BCUT2D eigenvalue weighted by Gasteiger charge is -2.34. The van der Waals surface area contributed by atoms with Gasteiger partial charge in [0.1, 0.15) is 0 Å². The van der Waals surface area contributed by atoms with Crippen LogP contribution in [0.2, 0.25) is 0 Å².